The van der Waals surface area contributed by atoms with Crippen LogP contribution >= 0.6 is 35.0 Å². The van der Waals surface area contributed by atoms with Crippen LogP contribution in [-0.4, -0.2) is 25.1 Å². The van der Waals surface area contributed by atoms with Crippen molar-refractivity contribution in [2.45, 2.75) is 17.5 Å². The number of hydrogen-bond acceptors (Lipinski definition) is 4. The van der Waals surface area contributed by atoms with E-state index in [4.69, 9.17) is 38.5 Å². The van der Waals surface area contributed by atoms with Crippen molar-refractivity contribution in [2.75, 3.05) is 0 Å². The van der Waals surface area contributed by atoms with Gasteiger partial charge in [-0.05, 0) is 23.3 Å². The van der Waals surface area contributed by atoms with Gasteiger partial charge in [0.15, 0.2) is 0 Å². The smallest absolute Gasteiger partial charge is 0.291 e. The van der Waals surface area contributed by atoms with Crippen LogP contribution in [0.3, 0.4) is 0 Å². The lowest BCUT2D eigenvalue weighted by molar-refractivity contribution is -0.742. The summed E-state index contributed by atoms with van der Waals surface area (Å²) < 4.78 is 2.10. The number of rotatable bonds is 7. The van der Waals surface area contributed by atoms with Crippen molar-refractivity contribution >= 4 is 41.0 Å². The molecule has 1 N–H and O–H groups in total. The largest absolute Gasteiger partial charge is 0.336 e. The van der Waals surface area contributed by atoms with E-state index in [1.54, 1.807) is 0 Å². The zero-order valence-electron chi connectivity index (χ0n) is 15.3. The van der Waals surface area contributed by atoms with Gasteiger partial charge in [0.1, 0.15) is 0 Å². The molecule has 0 amide bonds. The summed E-state index contributed by atoms with van der Waals surface area (Å²) in [6.07, 6.45) is 10.1. The van der Waals surface area contributed by atoms with Crippen LogP contribution in [-0.2, 0) is 12.3 Å². The van der Waals surface area contributed by atoms with Crippen LogP contribution in [0.5, 0.6) is 0 Å². The molecule has 1 aromatic heterocycles. The van der Waals surface area contributed by atoms with E-state index in [2.05, 4.69) is 33.8 Å². The lowest BCUT2D eigenvalue weighted by Gasteiger charge is -2.14. The molecule has 1 unspecified atom stereocenters. The predicted octanol–water partition coefficient (Wildman–Crippen LogP) is 5.86. The third-order valence-electron chi connectivity index (χ3n) is 3.70. The summed E-state index contributed by atoms with van der Waals surface area (Å²) in [6.45, 7) is 0.870. The molecule has 152 valence electrons. The monoisotopic (exact) mass is 451 g/mol. The van der Waals surface area contributed by atoms with E-state index in [0.717, 1.165) is 12.3 Å². The molecule has 1 atom stereocenters. The average Bonchev–Trinajstić information content (AvgIpc) is 3.20. The van der Waals surface area contributed by atoms with Crippen molar-refractivity contribution in [1.82, 2.24) is 9.55 Å². The molecule has 9 heteroatoms. The topological polar surface area (TPSA) is 81.2 Å². The molecule has 2 aromatic carbocycles. The highest BCUT2D eigenvalue weighted by Gasteiger charge is 2.08. The SMILES string of the molecule is Clc1ccc(CSC(/C=C/c2ccccc2)Cn2ccnc2)cc1Cl.O=[N+]([O-])O. The van der Waals surface area contributed by atoms with E-state index in [0.29, 0.717) is 15.3 Å². The highest BCUT2D eigenvalue weighted by molar-refractivity contribution is 7.99. The Hall–Kier alpha value is -2.48. The number of halogens is 2. The Kier molecular flexibility index (Phi) is 9.56. The molecular weight excluding hydrogens is 433 g/mol. The molecule has 0 radical (unpaired) electrons. The molecular formula is C20H19Cl2N3O3S. The number of thioether (sulfide) groups is 1. The fourth-order valence-electron chi connectivity index (χ4n) is 2.39. The number of benzene rings is 2. The van der Waals surface area contributed by atoms with Crippen LogP contribution in [0.25, 0.3) is 6.08 Å². The minimum Gasteiger partial charge on any atom is -0.336 e. The maximum atomic E-state index is 8.36. The van der Waals surface area contributed by atoms with Gasteiger partial charge >= 0.3 is 0 Å². The number of hydrogen-bond donors (Lipinski definition) is 1. The standard InChI is InChI=1S/C20H18Cl2N2S.HNO3/c21-19-9-7-17(12-20(19)22)14-25-18(13-24-11-10-23-15-24)8-6-16-4-2-1-3-5-16;2-1(3)4/h1-12,15,18H,13-14H2;(H,2,3,4)/b8-6+;. The highest BCUT2D eigenvalue weighted by atomic mass is 35.5. The van der Waals surface area contributed by atoms with E-state index >= 15 is 0 Å². The highest BCUT2D eigenvalue weighted by Crippen LogP contribution is 2.27. The van der Waals surface area contributed by atoms with Crippen molar-refractivity contribution < 1.29 is 10.3 Å². The second-order valence-electron chi connectivity index (χ2n) is 5.87. The van der Waals surface area contributed by atoms with Crippen LogP contribution in [0.1, 0.15) is 11.1 Å². The molecule has 0 bridgehead atoms. The maximum absolute atomic E-state index is 8.36. The first-order valence-electron chi connectivity index (χ1n) is 8.52. The van der Waals surface area contributed by atoms with Crippen LogP contribution in [0, 0.1) is 10.1 Å². The van der Waals surface area contributed by atoms with Gasteiger partial charge in [0.05, 0.1) is 16.4 Å². The van der Waals surface area contributed by atoms with Crippen LogP contribution < -0.4 is 0 Å². The van der Waals surface area contributed by atoms with Crippen molar-refractivity contribution in [3.8, 4) is 0 Å². The van der Waals surface area contributed by atoms with Crippen LogP contribution in [0.15, 0.2) is 73.3 Å². The Morgan fingerprint density at radius 3 is 2.55 bits per heavy atom. The van der Waals surface area contributed by atoms with E-state index in [9.17, 15) is 0 Å². The molecule has 0 aliphatic rings. The Bertz CT molecular complexity index is 918. The lowest BCUT2D eigenvalue weighted by Crippen LogP contribution is -2.09. The Morgan fingerprint density at radius 2 is 1.93 bits per heavy atom. The van der Waals surface area contributed by atoms with E-state index in [-0.39, 0.29) is 0 Å². The summed E-state index contributed by atoms with van der Waals surface area (Å²) in [5.74, 6) is 0.870. The van der Waals surface area contributed by atoms with Gasteiger partial charge in [-0.3, -0.25) is 0 Å². The van der Waals surface area contributed by atoms with Gasteiger partial charge in [-0.1, -0.05) is 71.8 Å². The minimum absolute atomic E-state index is 0.323. The van der Waals surface area contributed by atoms with Gasteiger partial charge in [0.25, 0.3) is 5.09 Å². The molecule has 0 aliphatic carbocycles. The lowest BCUT2D eigenvalue weighted by atomic mass is 10.2. The Balaban J connectivity index is 0.000000687. The maximum Gasteiger partial charge on any atom is 0.291 e. The fourth-order valence-corrected chi connectivity index (χ4v) is 3.76. The molecule has 3 aromatic rings. The van der Waals surface area contributed by atoms with E-state index in [1.807, 2.05) is 66.9 Å². The third kappa shape index (κ3) is 9.04. The number of aromatic nitrogens is 2. The van der Waals surface area contributed by atoms with Crippen molar-refractivity contribution in [3.63, 3.8) is 0 Å². The van der Waals surface area contributed by atoms with E-state index < -0.39 is 5.09 Å². The first kappa shape index (κ1) is 22.8. The van der Waals surface area contributed by atoms with Crippen LogP contribution in [0.4, 0.5) is 0 Å². The third-order valence-corrected chi connectivity index (χ3v) is 5.67. The molecule has 0 aliphatic heterocycles. The van der Waals surface area contributed by atoms with Gasteiger partial charge in [0.2, 0.25) is 0 Å². The van der Waals surface area contributed by atoms with Gasteiger partial charge in [-0.2, -0.15) is 0 Å². The molecule has 0 fully saturated rings. The van der Waals surface area contributed by atoms with Gasteiger partial charge in [0, 0.05) is 29.9 Å². The van der Waals surface area contributed by atoms with Gasteiger partial charge < -0.3 is 9.77 Å². The summed E-state index contributed by atoms with van der Waals surface area (Å²) in [4.78, 5) is 12.5. The van der Waals surface area contributed by atoms with Crippen molar-refractivity contribution in [2.24, 2.45) is 0 Å². The second-order valence-corrected chi connectivity index (χ2v) is 7.91. The molecule has 6 nitrogen and oxygen atoms in total. The molecule has 0 saturated carbocycles. The summed E-state index contributed by atoms with van der Waals surface area (Å²) >= 11 is 14.0. The molecule has 29 heavy (non-hydrogen) atoms. The minimum atomic E-state index is -1.50. The average molecular weight is 452 g/mol. The summed E-state index contributed by atoms with van der Waals surface area (Å²) in [5.41, 5.74) is 2.37. The fraction of sp³-hybridized carbons (Fsp3) is 0.150. The van der Waals surface area contributed by atoms with Crippen LogP contribution in [0.2, 0.25) is 10.0 Å². The molecule has 0 spiro atoms. The summed E-state index contributed by atoms with van der Waals surface area (Å²) in [5, 5.41) is 15.2. The zero-order chi connectivity index (χ0) is 21.1. The first-order valence-corrected chi connectivity index (χ1v) is 10.3. The first-order chi connectivity index (χ1) is 13.9. The van der Waals surface area contributed by atoms with Crippen molar-refractivity contribution in [3.05, 3.63) is 105 Å². The summed E-state index contributed by atoms with van der Waals surface area (Å²) in [7, 11) is 0. The van der Waals surface area contributed by atoms with Crippen molar-refractivity contribution in [1.29, 1.82) is 0 Å². The summed E-state index contributed by atoms with van der Waals surface area (Å²) in [6, 6.07) is 16.1. The quantitative estimate of drug-likeness (QED) is 0.359. The number of nitrogens with zero attached hydrogens (tertiary/aromatic N) is 3. The number of imidazole rings is 1. The Labute approximate surface area is 182 Å². The van der Waals surface area contributed by atoms with E-state index in [1.165, 1.54) is 11.1 Å². The second kappa shape index (κ2) is 12.2. The normalized spacial score (nSPS) is 11.7. The molecule has 1 heterocycles. The Morgan fingerprint density at radius 1 is 1.21 bits per heavy atom. The molecule has 3 rings (SSSR count). The zero-order valence-corrected chi connectivity index (χ0v) is 17.6. The van der Waals surface area contributed by atoms with Gasteiger partial charge in [-0.25, -0.2) is 4.98 Å². The predicted molar refractivity (Wildman–Crippen MR) is 118 cm³/mol. The molecule has 0 saturated heterocycles. The van der Waals surface area contributed by atoms with Gasteiger partial charge in [-0.15, -0.1) is 21.9 Å².